The Kier molecular flexibility index (Phi) is 5.36. The summed E-state index contributed by atoms with van der Waals surface area (Å²) in [5.74, 6) is -3.84. The average molecular weight is 374 g/mol. The number of anilines is 1. The molecule has 0 bridgehead atoms. The molecule has 3 unspecified atom stereocenters. The van der Waals surface area contributed by atoms with Gasteiger partial charge in [0.25, 0.3) is 5.56 Å². The predicted molar refractivity (Wildman–Crippen MR) is 94.8 cm³/mol. The van der Waals surface area contributed by atoms with Crippen molar-refractivity contribution in [1.29, 1.82) is 0 Å². The van der Waals surface area contributed by atoms with Gasteiger partial charge in [0.15, 0.2) is 0 Å². The molecule has 1 saturated carbocycles. The standard InChI is InChI=1S/C19H19FN2O5/c1-2-27-19(26)17-12(10-23)16(17)18(25)21-14-7-6-11(9-13(14)20)22-8-4-3-5-15(22)24/h3-9,12,16-17,23H,2,10H2,1H3,(H,21,25). The SMILES string of the molecule is CCOC(=O)C1C(CO)C1C(=O)Nc1ccc(-n2ccccc2=O)cc1F. The monoisotopic (exact) mass is 374 g/mol. The van der Waals surface area contributed by atoms with Gasteiger partial charge in [0.2, 0.25) is 5.91 Å². The number of hydrogen-bond donors (Lipinski definition) is 2. The lowest BCUT2D eigenvalue weighted by Gasteiger charge is -2.10. The minimum absolute atomic E-state index is 0.0704. The molecule has 142 valence electrons. The number of aliphatic hydroxyl groups excluding tert-OH is 1. The van der Waals surface area contributed by atoms with Crippen molar-refractivity contribution in [2.24, 2.45) is 17.8 Å². The van der Waals surface area contributed by atoms with Crippen LogP contribution in [0.1, 0.15) is 6.92 Å². The molecule has 8 heteroatoms. The van der Waals surface area contributed by atoms with Gasteiger partial charge in [-0.15, -0.1) is 0 Å². The summed E-state index contributed by atoms with van der Waals surface area (Å²) in [6.45, 7) is 1.50. The number of aliphatic hydroxyl groups is 1. The second-order valence-corrected chi connectivity index (χ2v) is 6.21. The maximum atomic E-state index is 14.4. The van der Waals surface area contributed by atoms with Crippen LogP contribution in [0.5, 0.6) is 0 Å². The van der Waals surface area contributed by atoms with Crippen molar-refractivity contribution in [1.82, 2.24) is 4.57 Å². The molecular formula is C19H19FN2O5. The summed E-state index contributed by atoms with van der Waals surface area (Å²) in [6.07, 6.45) is 1.51. The van der Waals surface area contributed by atoms with Crippen molar-refractivity contribution in [2.75, 3.05) is 18.5 Å². The van der Waals surface area contributed by atoms with E-state index in [4.69, 9.17) is 4.74 Å². The lowest BCUT2D eigenvalue weighted by Crippen LogP contribution is -2.19. The van der Waals surface area contributed by atoms with Gasteiger partial charge in [-0.25, -0.2) is 4.39 Å². The van der Waals surface area contributed by atoms with Crippen molar-refractivity contribution < 1.29 is 23.8 Å². The van der Waals surface area contributed by atoms with Crippen LogP contribution >= 0.6 is 0 Å². The maximum Gasteiger partial charge on any atom is 0.310 e. The number of amides is 1. The van der Waals surface area contributed by atoms with Gasteiger partial charge in [-0.1, -0.05) is 6.07 Å². The minimum atomic E-state index is -0.759. The number of aromatic nitrogens is 1. The number of carbonyl (C=O) groups is 2. The van der Waals surface area contributed by atoms with Gasteiger partial charge >= 0.3 is 5.97 Å². The maximum absolute atomic E-state index is 14.4. The molecular weight excluding hydrogens is 355 g/mol. The van der Waals surface area contributed by atoms with E-state index in [0.717, 1.165) is 6.07 Å². The molecule has 2 aromatic rings. The molecule has 1 aromatic heterocycles. The van der Waals surface area contributed by atoms with Crippen LogP contribution in [0.4, 0.5) is 10.1 Å². The van der Waals surface area contributed by atoms with Crippen LogP contribution in [0.15, 0.2) is 47.4 Å². The molecule has 3 atom stereocenters. The zero-order chi connectivity index (χ0) is 19.6. The lowest BCUT2D eigenvalue weighted by atomic mass is 10.2. The fraction of sp³-hybridized carbons (Fsp3) is 0.316. The quantitative estimate of drug-likeness (QED) is 0.744. The fourth-order valence-corrected chi connectivity index (χ4v) is 3.13. The highest BCUT2D eigenvalue weighted by Gasteiger charge is 2.59. The molecule has 0 aliphatic heterocycles. The number of pyridine rings is 1. The van der Waals surface area contributed by atoms with Crippen LogP contribution in [0, 0.1) is 23.6 Å². The Hall–Kier alpha value is -3.00. The molecule has 1 heterocycles. The summed E-state index contributed by atoms with van der Waals surface area (Å²) in [5.41, 5.74) is -0.0613. The van der Waals surface area contributed by atoms with Crippen molar-refractivity contribution >= 4 is 17.6 Å². The van der Waals surface area contributed by atoms with Gasteiger partial charge in [0.05, 0.1) is 29.8 Å². The van der Waals surface area contributed by atoms with Crippen molar-refractivity contribution in [3.63, 3.8) is 0 Å². The zero-order valence-corrected chi connectivity index (χ0v) is 14.6. The summed E-state index contributed by atoms with van der Waals surface area (Å²) < 4.78 is 20.6. The molecule has 2 N–H and O–H groups in total. The molecule has 1 fully saturated rings. The van der Waals surface area contributed by atoms with Crippen molar-refractivity contribution in [2.45, 2.75) is 6.92 Å². The first-order chi connectivity index (χ1) is 13.0. The fourth-order valence-electron chi connectivity index (χ4n) is 3.13. The summed E-state index contributed by atoms with van der Waals surface area (Å²) in [6, 6.07) is 8.56. The Morgan fingerprint density at radius 2 is 2.04 bits per heavy atom. The predicted octanol–water partition coefficient (Wildman–Crippen LogP) is 1.33. The zero-order valence-electron chi connectivity index (χ0n) is 14.6. The van der Waals surface area contributed by atoms with E-state index < -0.39 is 35.4 Å². The number of esters is 1. The number of ether oxygens (including phenoxy) is 1. The molecule has 0 spiro atoms. The van der Waals surface area contributed by atoms with E-state index in [1.165, 1.54) is 29.0 Å². The van der Waals surface area contributed by atoms with E-state index in [1.54, 1.807) is 19.1 Å². The largest absolute Gasteiger partial charge is 0.466 e. The Morgan fingerprint density at radius 1 is 1.26 bits per heavy atom. The highest BCUT2D eigenvalue weighted by Crippen LogP contribution is 2.47. The third kappa shape index (κ3) is 3.75. The molecule has 1 aromatic carbocycles. The van der Waals surface area contributed by atoms with Crippen molar-refractivity contribution in [3.05, 3.63) is 58.8 Å². The van der Waals surface area contributed by atoms with Crippen LogP contribution in [0.3, 0.4) is 0 Å². The third-order valence-electron chi connectivity index (χ3n) is 4.55. The molecule has 7 nitrogen and oxygen atoms in total. The number of nitrogens with zero attached hydrogens (tertiary/aromatic N) is 1. The Labute approximate surface area is 154 Å². The molecule has 1 aliphatic rings. The second-order valence-electron chi connectivity index (χ2n) is 6.21. The molecule has 3 rings (SSSR count). The van der Waals surface area contributed by atoms with Gasteiger partial charge in [0, 0.05) is 30.9 Å². The van der Waals surface area contributed by atoms with Crippen LogP contribution in [0.25, 0.3) is 5.69 Å². The topological polar surface area (TPSA) is 97.6 Å². The van der Waals surface area contributed by atoms with E-state index in [9.17, 15) is 23.9 Å². The molecule has 27 heavy (non-hydrogen) atoms. The lowest BCUT2D eigenvalue weighted by molar-refractivity contribution is -0.146. The normalized spacial score (nSPS) is 20.8. The van der Waals surface area contributed by atoms with Crippen LogP contribution in [-0.2, 0) is 14.3 Å². The highest BCUT2D eigenvalue weighted by atomic mass is 19.1. The third-order valence-corrected chi connectivity index (χ3v) is 4.55. The van der Waals surface area contributed by atoms with Crippen LogP contribution in [0.2, 0.25) is 0 Å². The Bertz CT molecular complexity index is 926. The van der Waals surface area contributed by atoms with Crippen molar-refractivity contribution in [3.8, 4) is 5.69 Å². The van der Waals surface area contributed by atoms with Gasteiger partial charge in [0.1, 0.15) is 5.82 Å². The Morgan fingerprint density at radius 3 is 2.67 bits per heavy atom. The van der Waals surface area contributed by atoms with E-state index in [2.05, 4.69) is 5.32 Å². The first-order valence-corrected chi connectivity index (χ1v) is 8.54. The summed E-state index contributed by atoms with van der Waals surface area (Å²) in [4.78, 5) is 36.0. The summed E-state index contributed by atoms with van der Waals surface area (Å²) in [7, 11) is 0. The van der Waals surface area contributed by atoms with E-state index in [-0.39, 0.29) is 24.5 Å². The number of rotatable bonds is 6. The smallest absolute Gasteiger partial charge is 0.310 e. The second kappa shape index (κ2) is 7.71. The van der Waals surface area contributed by atoms with Crippen LogP contribution in [-0.4, -0.2) is 34.8 Å². The highest BCUT2D eigenvalue weighted by molar-refractivity contribution is 5.99. The number of nitrogens with one attached hydrogen (secondary N) is 1. The molecule has 0 saturated heterocycles. The minimum Gasteiger partial charge on any atom is -0.466 e. The van der Waals surface area contributed by atoms with E-state index >= 15 is 0 Å². The molecule has 1 aliphatic carbocycles. The summed E-state index contributed by atoms with van der Waals surface area (Å²) >= 11 is 0. The van der Waals surface area contributed by atoms with Gasteiger partial charge in [-0.05, 0) is 25.1 Å². The molecule has 0 radical (unpaired) electrons. The first-order valence-electron chi connectivity index (χ1n) is 8.54. The van der Waals surface area contributed by atoms with E-state index in [0.29, 0.717) is 5.69 Å². The van der Waals surface area contributed by atoms with Gasteiger partial charge in [-0.2, -0.15) is 0 Å². The van der Waals surface area contributed by atoms with Gasteiger partial charge < -0.3 is 15.2 Å². The number of hydrogen-bond acceptors (Lipinski definition) is 5. The van der Waals surface area contributed by atoms with E-state index in [1.807, 2.05) is 0 Å². The number of benzene rings is 1. The first kappa shape index (κ1) is 18.8. The summed E-state index contributed by atoms with van der Waals surface area (Å²) in [5, 5.41) is 11.8. The number of halogens is 1. The van der Waals surface area contributed by atoms with Crippen LogP contribution < -0.4 is 10.9 Å². The molecule has 1 amide bonds. The number of carbonyl (C=O) groups excluding carboxylic acids is 2. The van der Waals surface area contributed by atoms with Gasteiger partial charge in [-0.3, -0.25) is 19.0 Å². The Balaban J connectivity index is 1.75. The average Bonchev–Trinajstić information content (AvgIpc) is 3.39.